The van der Waals surface area contributed by atoms with Crippen molar-refractivity contribution in [1.29, 1.82) is 0 Å². The van der Waals surface area contributed by atoms with Crippen LogP contribution in [0, 0.1) is 0 Å². The molecule has 1 atom stereocenters. The molecule has 17 heavy (non-hydrogen) atoms. The van der Waals surface area contributed by atoms with E-state index < -0.39 is 15.9 Å². The summed E-state index contributed by atoms with van der Waals surface area (Å²) in [5, 5.41) is 2.97. The second-order valence-corrected chi connectivity index (χ2v) is 5.95. The van der Waals surface area contributed by atoms with Crippen molar-refractivity contribution in [2.75, 3.05) is 6.54 Å². The average molecular weight is 256 g/mol. The van der Waals surface area contributed by atoms with Crippen molar-refractivity contribution < 1.29 is 13.2 Å². The fraction of sp³-hybridized carbons (Fsp3) is 0.545. The minimum absolute atomic E-state index is 0.284. The molecule has 0 spiro atoms. The van der Waals surface area contributed by atoms with Crippen molar-refractivity contribution in [3.8, 4) is 0 Å². The van der Waals surface area contributed by atoms with Crippen LogP contribution in [0.4, 0.5) is 0 Å². The molecule has 1 aliphatic carbocycles. The molecular weight excluding hydrogens is 240 g/mol. The molecule has 0 aromatic rings. The highest BCUT2D eigenvalue weighted by atomic mass is 32.2. The highest BCUT2D eigenvalue weighted by Gasteiger charge is 2.27. The first kappa shape index (κ1) is 12.3. The number of rotatable bonds is 3. The normalized spacial score (nSPS) is 24.5. The van der Waals surface area contributed by atoms with E-state index in [1.807, 2.05) is 6.08 Å². The fourth-order valence-electron chi connectivity index (χ4n) is 1.98. The molecule has 0 aromatic heterocycles. The molecule has 2 N–H and O–H groups in total. The number of hydrogen-bond acceptors (Lipinski definition) is 4. The van der Waals surface area contributed by atoms with E-state index in [1.54, 1.807) is 12.2 Å². The van der Waals surface area contributed by atoms with Crippen molar-refractivity contribution >= 4 is 15.9 Å². The summed E-state index contributed by atoms with van der Waals surface area (Å²) in [6.07, 6.45) is 7.90. The Morgan fingerprint density at radius 2 is 2.29 bits per heavy atom. The van der Waals surface area contributed by atoms with E-state index in [-0.39, 0.29) is 10.9 Å². The van der Waals surface area contributed by atoms with Gasteiger partial charge in [-0.05, 0) is 38.3 Å². The molecule has 94 valence electrons. The molecule has 6 heteroatoms. The topological polar surface area (TPSA) is 75.3 Å². The van der Waals surface area contributed by atoms with Crippen LogP contribution < -0.4 is 10.0 Å². The maximum atomic E-state index is 11.9. The highest BCUT2D eigenvalue weighted by Crippen LogP contribution is 2.17. The Bertz CT molecular complexity index is 459. The van der Waals surface area contributed by atoms with Gasteiger partial charge in [-0.3, -0.25) is 4.79 Å². The van der Waals surface area contributed by atoms with Gasteiger partial charge in [0.2, 0.25) is 0 Å². The molecule has 1 unspecified atom stereocenters. The number of sulfonamides is 1. The van der Waals surface area contributed by atoms with Crippen LogP contribution in [-0.4, -0.2) is 26.9 Å². The second-order valence-electron chi connectivity index (χ2n) is 4.22. The van der Waals surface area contributed by atoms with Gasteiger partial charge in [0.25, 0.3) is 15.9 Å². The summed E-state index contributed by atoms with van der Waals surface area (Å²) in [6, 6.07) is -0.371. The zero-order valence-electron chi connectivity index (χ0n) is 9.48. The van der Waals surface area contributed by atoms with Gasteiger partial charge >= 0.3 is 0 Å². The molecule has 5 nitrogen and oxygen atoms in total. The van der Waals surface area contributed by atoms with Gasteiger partial charge in [-0.25, -0.2) is 13.1 Å². The molecule has 0 saturated carbocycles. The molecule has 0 bridgehead atoms. The zero-order valence-corrected chi connectivity index (χ0v) is 10.3. The lowest BCUT2D eigenvalue weighted by atomic mass is 10.2. The van der Waals surface area contributed by atoms with Crippen molar-refractivity contribution in [1.82, 2.24) is 10.0 Å². The van der Waals surface area contributed by atoms with Crippen LogP contribution in [0.1, 0.15) is 25.7 Å². The molecule has 0 radical (unpaired) electrons. The molecule has 1 aliphatic heterocycles. The third kappa shape index (κ3) is 2.95. The Kier molecular flexibility index (Phi) is 3.63. The number of carbonyl (C=O) groups is 1. The quantitative estimate of drug-likeness (QED) is 0.767. The van der Waals surface area contributed by atoms with Gasteiger partial charge < -0.3 is 5.32 Å². The van der Waals surface area contributed by atoms with Crippen LogP contribution in [0.25, 0.3) is 0 Å². The number of hydrogen-bond donors (Lipinski definition) is 2. The van der Waals surface area contributed by atoms with E-state index in [9.17, 15) is 13.2 Å². The summed E-state index contributed by atoms with van der Waals surface area (Å²) in [6.45, 7) is 0.767. The van der Waals surface area contributed by atoms with E-state index in [4.69, 9.17) is 0 Å². The standard InChI is InChI=1S/C11H16N2O3S/c14-11(10-7-4-8-12-10)13-17(15,16)9-5-2-1-3-6-9/h1-2,5,10,12H,3-4,6-8H2,(H,13,14). The van der Waals surface area contributed by atoms with Crippen molar-refractivity contribution in [3.63, 3.8) is 0 Å². The zero-order chi connectivity index (χ0) is 12.3. The second kappa shape index (κ2) is 5.01. The van der Waals surface area contributed by atoms with Gasteiger partial charge in [0, 0.05) is 0 Å². The predicted molar refractivity (Wildman–Crippen MR) is 64.5 cm³/mol. The Labute approximate surface area is 101 Å². The van der Waals surface area contributed by atoms with E-state index in [0.717, 1.165) is 13.0 Å². The SMILES string of the molecule is O=C(NS(=O)(=O)C1=CC=CCC1)C1CCCN1. The van der Waals surface area contributed by atoms with Crippen LogP contribution in [0.2, 0.25) is 0 Å². The number of amides is 1. The summed E-state index contributed by atoms with van der Waals surface area (Å²) in [4.78, 5) is 12.0. The van der Waals surface area contributed by atoms with Gasteiger partial charge in [0.15, 0.2) is 0 Å². The summed E-state index contributed by atoms with van der Waals surface area (Å²) < 4.78 is 25.9. The van der Waals surface area contributed by atoms with E-state index in [2.05, 4.69) is 10.0 Å². The van der Waals surface area contributed by atoms with Gasteiger partial charge in [-0.1, -0.05) is 12.2 Å². The smallest absolute Gasteiger partial charge is 0.260 e. The van der Waals surface area contributed by atoms with Crippen LogP contribution >= 0.6 is 0 Å². The lowest BCUT2D eigenvalue weighted by molar-refractivity contribution is -0.120. The maximum absolute atomic E-state index is 11.9. The van der Waals surface area contributed by atoms with E-state index in [1.165, 1.54) is 0 Å². The van der Waals surface area contributed by atoms with Crippen LogP contribution in [-0.2, 0) is 14.8 Å². The minimum atomic E-state index is -3.65. The number of nitrogens with one attached hydrogen (secondary N) is 2. The average Bonchev–Trinajstić information content (AvgIpc) is 2.83. The van der Waals surface area contributed by atoms with Crippen LogP contribution in [0.3, 0.4) is 0 Å². The first-order valence-corrected chi connectivity index (χ1v) is 7.24. The lowest BCUT2D eigenvalue weighted by Crippen LogP contribution is -2.43. The summed E-state index contributed by atoms with van der Waals surface area (Å²) >= 11 is 0. The minimum Gasteiger partial charge on any atom is -0.306 e. The van der Waals surface area contributed by atoms with Crippen LogP contribution in [0.5, 0.6) is 0 Å². The van der Waals surface area contributed by atoms with Gasteiger partial charge in [0.05, 0.1) is 10.9 Å². The largest absolute Gasteiger partial charge is 0.306 e. The summed E-state index contributed by atoms with van der Waals surface area (Å²) in [5.41, 5.74) is 0. The Morgan fingerprint density at radius 3 is 2.88 bits per heavy atom. The monoisotopic (exact) mass is 256 g/mol. The van der Waals surface area contributed by atoms with Gasteiger partial charge in [-0.15, -0.1) is 0 Å². The predicted octanol–water partition coefficient (Wildman–Crippen LogP) is 0.418. The highest BCUT2D eigenvalue weighted by molar-refractivity contribution is 7.93. The molecule has 0 aromatic carbocycles. The summed E-state index contributed by atoms with van der Waals surface area (Å²) in [5.74, 6) is -0.446. The summed E-state index contributed by atoms with van der Waals surface area (Å²) in [7, 11) is -3.65. The third-order valence-electron chi connectivity index (χ3n) is 2.93. The molecular formula is C11H16N2O3S. The molecule has 1 saturated heterocycles. The maximum Gasteiger partial charge on any atom is 0.260 e. The van der Waals surface area contributed by atoms with Crippen LogP contribution in [0.15, 0.2) is 23.1 Å². The first-order valence-electron chi connectivity index (χ1n) is 5.75. The van der Waals surface area contributed by atoms with Crippen molar-refractivity contribution in [2.45, 2.75) is 31.7 Å². The third-order valence-corrected chi connectivity index (χ3v) is 4.43. The van der Waals surface area contributed by atoms with Crippen molar-refractivity contribution in [3.05, 3.63) is 23.1 Å². The fourth-order valence-corrected chi connectivity index (χ4v) is 3.16. The van der Waals surface area contributed by atoms with E-state index in [0.29, 0.717) is 19.3 Å². The molecule has 2 rings (SSSR count). The van der Waals surface area contributed by atoms with Gasteiger partial charge in [-0.2, -0.15) is 0 Å². The molecule has 2 aliphatic rings. The van der Waals surface area contributed by atoms with Crippen molar-refractivity contribution in [2.24, 2.45) is 0 Å². The Morgan fingerprint density at radius 1 is 1.47 bits per heavy atom. The molecule has 1 heterocycles. The Balaban J connectivity index is 2.04. The molecule has 1 fully saturated rings. The van der Waals surface area contributed by atoms with E-state index >= 15 is 0 Å². The number of allylic oxidation sites excluding steroid dienone is 4. The molecule has 1 amide bonds. The lowest BCUT2D eigenvalue weighted by Gasteiger charge is -2.14. The Hall–Kier alpha value is -1.14. The number of carbonyl (C=O) groups excluding carboxylic acids is 1. The van der Waals surface area contributed by atoms with Gasteiger partial charge in [0.1, 0.15) is 0 Å². The first-order chi connectivity index (χ1) is 8.09.